The summed E-state index contributed by atoms with van der Waals surface area (Å²) < 4.78 is 64.7. The first-order valence-electron chi connectivity index (χ1n) is 6.79. The number of nitro groups is 2. The minimum absolute atomic E-state index is 0.101. The van der Waals surface area contributed by atoms with Crippen molar-refractivity contribution in [3.63, 3.8) is 0 Å². The third-order valence-corrected chi connectivity index (χ3v) is 3.16. The average Bonchev–Trinajstić information content (AvgIpc) is 2.55. The van der Waals surface area contributed by atoms with Crippen molar-refractivity contribution < 1.29 is 31.8 Å². The Morgan fingerprint density at radius 2 is 1.56 bits per heavy atom. The molecule has 2 rings (SSSR count). The Balaban J connectivity index is 2.49. The maximum atomic E-state index is 13.5. The highest BCUT2D eigenvalue weighted by Crippen LogP contribution is 2.41. The number of nitro benzene ring substituents is 2. The zero-order valence-electron chi connectivity index (χ0n) is 12.8. The molecule has 13 heteroatoms. The largest absolute Gasteiger partial charge is 0.416 e. The van der Waals surface area contributed by atoms with E-state index in [2.05, 4.69) is 5.10 Å². The fourth-order valence-electron chi connectivity index (χ4n) is 1.95. The second-order valence-corrected chi connectivity index (χ2v) is 4.94. The van der Waals surface area contributed by atoms with E-state index in [4.69, 9.17) is 0 Å². The summed E-state index contributed by atoms with van der Waals surface area (Å²) in [4.78, 5) is 19.5. The first-order valence-corrected chi connectivity index (χ1v) is 6.79. The summed E-state index contributed by atoms with van der Waals surface area (Å²) in [6.45, 7) is 0. The molecule has 0 radical (unpaired) electrons. The topological polar surface area (TPSA) is 111 Å². The van der Waals surface area contributed by atoms with Crippen LogP contribution in [0.25, 0.3) is 0 Å². The lowest BCUT2D eigenvalue weighted by Crippen LogP contribution is -2.09. The third kappa shape index (κ3) is 4.50. The van der Waals surface area contributed by atoms with Gasteiger partial charge in [0.1, 0.15) is 11.6 Å². The lowest BCUT2D eigenvalue weighted by Gasteiger charge is -2.09. The van der Waals surface area contributed by atoms with Crippen LogP contribution in [-0.2, 0) is 6.18 Å². The van der Waals surface area contributed by atoms with Crippen molar-refractivity contribution in [3.05, 3.63) is 73.3 Å². The van der Waals surface area contributed by atoms with Gasteiger partial charge in [0.25, 0.3) is 0 Å². The quantitative estimate of drug-likeness (QED) is 0.355. The molecule has 142 valence electrons. The van der Waals surface area contributed by atoms with Crippen molar-refractivity contribution in [2.24, 2.45) is 5.10 Å². The van der Waals surface area contributed by atoms with E-state index in [1.807, 2.05) is 5.43 Å². The summed E-state index contributed by atoms with van der Waals surface area (Å²) in [6, 6.07) is 2.57. The van der Waals surface area contributed by atoms with Crippen molar-refractivity contribution in [1.82, 2.24) is 0 Å². The summed E-state index contributed by atoms with van der Waals surface area (Å²) in [5.41, 5.74) is -3.45. The fourth-order valence-corrected chi connectivity index (χ4v) is 1.95. The van der Waals surface area contributed by atoms with E-state index in [1.54, 1.807) is 0 Å². The standard InChI is InChI=1S/C14H7F5N4O4/c15-9-2-1-7(10(16)5-9)6-20-21-13-11(22(24)25)3-8(14(17,18)19)4-12(13)23(26)27/h1-6,21H/b20-6-. The first-order chi connectivity index (χ1) is 12.5. The van der Waals surface area contributed by atoms with Gasteiger partial charge in [0.15, 0.2) is 0 Å². The van der Waals surface area contributed by atoms with E-state index in [0.717, 1.165) is 18.3 Å². The summed E-state index contributed by atoms with van der Waals surface area (Å²) in [5, 5.41) is 25.4. The Labute approximate surface area is 146 Å². The van der Waals surface area contributed by atoms with Gasteiger partial charge in [-0.25, -0.2) is 8.78 Å². The number of nitrogens with zero attached hydrogens (tertiary/aromatic N) is 3. The van der Waals surface area contributed by atoms with Gasteiger partial charge in [-0.15, -0.1) is 0 Å². The van der Waals surface area contributed by atoms with Gasteiger partial charge < -0.3 is 0 Å². The smallest absolute Gasteiger partial charge is 0.266 e. The number of halogens is 5. The molecule has 0 heterocycles. The Bertz CT molecular complexity index is 911. The van der Waals surface area contributed by atoms with Crippen molar-refractivity contribution in [1.29, 1.82) is 0 Å². The molecule has 0 amide bonds. The number of hydrogen-bond acceptors (Lipinski definition) is 6. The van der Waals surface area contributed by atoms with E-state index >= 15 is 0 Å². The van der Waals surface area contributed by atoms with Gasteiger partial charge in [-0.3, -0.25) is 25.7 Å². The number of alkyl halides is 3. The van der Waals surface area contributed by atoms with Gasteiger partial charge in [-0.2, -0.15) is 18.3 Å². The van der Waals surface area contributed by atoms with Crippen LogP contribution in [0.3, 0.4) is 0 Å². The molecule has 0 aromatic heterocycles. The third-order valence-electron chi connectivity index (χ3n) is 3.16. The molecule has 0 spiro atoms. The van der Waals surface area contributed by atoms with Crippen molar-refractivity contribution in [2.45, 2.75) is 6.18 Å². The van der Waals surface area contributed by atoms with E-state index in [9.17, 15) is 42.2 Å². The molecule has 0 aliphatic carbocycles. The van der Waals surface area contributed by atoms with Crippen LogP contribution in [0, 0.1) is 31.9 Å². The molecule has 2 aromatic rings. The van der Waals surface area contributed by atoms with Crippen LogP contribution in [0.1, 0.15) is 11.1 Å². The number of nitrogens with one attached hydrogen (secondary N) is 1. The van der Waals surface area contributed by atoms with Gasteiger partial charge in [0.2, 0.25) is 5.69 Å². The predicted octanol–water partition coefficient (Wildman–Crippen LogP) is 4.25. The van der Waals surface area contributed by atoms with E-state index in [0.29, 0.717) is 6.07 Å². The lowest BCUT2D eigenvalue weighted by atomic mass is 10.1. The van der Waals surface area contributed by atoms with Crippen LogP contribution < -0.4 is 5.43 Å². The molecule has 8 nitrogen and oxygen atoms in total. The van der Waals surface area contributed by atoms with E-state index in [-0.39, 0.29) is 17.7 Å². The molecule has 0 unspecified atom stereocenters. The maximum Gasteiger partial charge on any atom is 0.416 e. The summed E-state index contributed by atoms with van der Waals surface area (Å²) in [5.74, 6) is -1.93. The van der Waals surface area contributed by atoms with Crippen LogP contribution in [0.5, 0.6) is 0 Å². The van der Waals surface area contributed by atoms with Gasteiger partial charge in [0, 0.05) is 23.8 Å². The molecule has 0 bridgehead atoms. The van der Waals surface area contributed by atoms with Crippen molar-refractivity contribution in [2.75, 3.05) is 5.43 Å². The molecule has 2 aromatic carbocycles. The highest BCUT2D eigenvalue weighted by molar-refractivity contribution is 5.82. The molecule has 0 fully saturated rings. The summed E-state index contributed by atoms with van der Waals surface area (Å²) in [6.07, 6.45) is -4.34. The molecule has 27 heavy (non-hydrogen) atoms. The normalized spacial score (nSPS) is 11.6. The lowest BCUT2D eigenvalue weighted by molar-refractivity contribution is -0.392. The number of hydrazone groups is 1. The molecule has 0 aliphatic rings. The van der Waals surface area contributed by atoms with Crippen LogP contribution in [-0.4, -0.2) is 16.1 Å². The Morgan fingerprint density at radius 1 is 1.00 bits per heavy atom. The van der Waals surface area contributed by atoms with Gasteiger partial charge in [-0.05, 0) is 12.1 Å². The zero-order valence-corrected chi connectivity index (χ0v) is 12.8. The monoisotopic (exact) mass is 390 g/mol. The predicted molar refractivity (Wildman–Crippen MR) is 82.3 cm³/mol. The minimum Gasteiger partial charge on any atom is -0.266 e. The van der Waals surface area contributed by atoms with Crippen LogP contribution in [0.15, 0.2) is 35.4 Å². The molecular weight excluding hydrogens is 383 g/mol. The first kappa shape index (κ1) is 19.7. The van der Waals surface area contributed by atoms with Gasteiger partial charge in [0.05, 0.1) is 21.6 Å². The molecular formula is C14H7F5N4O4. The number of anilines is 1. The summed E-state index contributed by atoms with van der Waals surface area (Å²) >= 11 is 0. The highest BCUT2D eigenvalue weighted by atomic mass is 19.4. The highest BCUT2D eigenvalue weighted by Gasteiger charge is 2.37. The molecule has 0 saturated heterocycles. The second kappa shape index (κ2) is 7.31. The minimum atomic E-state index is -5.06. The van der Waals surface area contributed by atoms with Crippen LogP contribution in [0.2, 0.25) is 0 Å². The molecule has 0 atom stereocenters. The fraction of sp³-hybridized carbons (Fsp3) is 0.0714. The van der Waals surface area contributed by atoms with E-state index in [1.165, 1.54) is 0 Å². The Hall–Kier alpha value is -3.64. The van der Waals surface area contributed by atoms with Gasteiger partial charge in [-0.1, -0.05) is 0 Å². The number of benzene rings is 2. The van der Waals surface area contributed by atoms with Crippen molar-refractivity contribution in [3.8, 4) is 0 Å². The second-order valence-electron chi connectivity index (χ2n) is 4.94. The zero-order chi connectivity index (χ0) is 20.4. The molecule has 0 aliphatic heterocycles. The molecule has 0 saturated carbocycles. The van der Waals surface area contributed by atoms with E-state index < -0.39 is 50.3 Å². The molecule has 1 N–H and O–H groups in total. The average molecular weight is 390 g/mol. The SMILES string of the molecule is O=[N+]([O-])c1cc(C(F)(F)F)cc([N+](=O)[O-])c1N/N=C\c1ccc(F)cc1F. The number of hydrogen-bond donors (Lipinski definition) is 1. The van der Waals surface area contributed by atoms with Crippen molar-refractivity contribution >= 4 is 23.3 Å². The maximum absolute atomic E-state index is 13.5. The summed E-state index contributed by atoms with van der Waals surface area (Å²) in [7, 11) is 0. The number of rotatable bonds is 5. The Morgan fingerprint density at radius 3 is 2.00 bits per heavy atom. The van der Waals surface area contributed by atoms with Gasteiger partial charge >= 0.3 is 17.6 Å². The van der Waals surface area contributed by atoms with Crippen LogP contribution in [0.4, 0.5) is 39.0 Å². The Kier molecular flexibility index (Phi) is 5.33. The van der Waals surface area contributed by atoms with Crippen LogP contribution >= 0.6 is 0 Å².